The number of nitrogens with zero attached hydrogens (tertiary/aromatic N) is 2. The van der Waals surface area contributed by atoms with Crippen LogP contribution in [0.1, 0.15) is 44.0 Å². The second kappa shape index (κ2) is 10.1. The molecule has 10 heteroatoms. The third-order valence-corrected chi connectivity index (χ3v) is 6.24. The van der Waals surface area contributed by atoms with Gasteiger partial charge in [0.1, 0.15) is 17.2 Å². The van der Waals surface area contributed by atoms with Gasteiger partial charge in [-0.2, -0.15) is 17.5 Å². The standard InChI is InChI=1S/C18H27F3N2O4S/c1-5-8-11-22(13-18(19,20)21)17(24)14-9-10-15(27-4)16(12-14)28(25,26)23(6-2)7-3/h9-10,12H,5-8,11,13H2,1-4H3. The molecule has 1 aromatic carbocycles. The van der Waals surface area contributed by atoms with Gasteiger partial charge in [0.15, 0.2) is 0 Å². The second-order valence-corrected chi connectivity index (χ2v) is 8.06. The number of carbonyl (C=O) groups is 1. The highest BCUT2D eigenvalue weighted by Gasteiger charge is 2.34. The van der Waals surface area contributed by atoms with Crippen LogP contribution in [0.4, 0.5) is 13.2 Å². The Kier molecular flexibility index (Phi) is 8.75. The Morgan fingerprint density at radius 1 is 1.14 bits per heavy atom. The lowest BCUT2D eigenvalue weighted by Crippen LogP contribution is -2.39. The largest absolute Gasteiger partial charge is 0.495 e. The number of unbranched alkanes of at least 4 members (excludes halogenated alkanes) is 1. The van der Waals surface area contributed by atoms with Crippen LogP contribution in [0.15, 0.2) is 23.1 Å². The molecule has 6 nitrogen and oxygen atoms in total. The minimum absolute atomic E-state index is 0.0272. The van der Waals surface area contributed by atoms with E-state index in [9.17, 15) is 26.4 Å². The van der Waals surface area contributed by atoms with Crippen LogP contribution in [0, 0.1) is 0 Å². The third-order valence-electron chi connectivity index (χ3n) is 4.17. The molecule has 1 aromatic rings. The fraction of sp³-hybridized carbons (Fsp3) is 0.611. The van der Waals surface area contributed by atoms with Gasteiger partial charge in [0.2, 0.25) is 10.0 Å². The number of hydrogen-bond donors (Lipinski definition) is 0. The van der Waals surface area contributed by atoms with Gasteiger partial charge in [-0.1, -0.05) is 27.2 Å². The molecule has 28 heavy (non-hydrogen) atoms. The minimum atomic E-state index is -4.55. The molecule has 0 fully saturated rings. The van der Waals surface area contributed by atoms with Gasteiger partial charge in [-0.05, 0) is 24.6 Å². The summed E-state index contributed by atoms with van der Waals surface area (Å²) in [5.41, 5.74) is -0.133. The Morgan fingerprint density at radius 2 is 1.75 bits per heavy atom. The number of methoxy groups -OCH3 is 1. The molecule has 0 saturated heterocycles. The normalized spacial score (nSPS) is 12.3. The topological polar surface area (TPSA) is 66.9 Å². The fourth-order valence-electron chi connectivity index (χ4n) is 2.71. The first-order chi connectivity index (χ1) is 13.0. The Hall–Kier alpha value is -1.81. The van der Waals surface area contributed by atoms with Crippen LogP contribution in [0.3, 0.4) is 0 Å². The summed E-state index contributed by atoms with van der Waals surface area (Å²) in [5.74, 6) is -0.844. The van der Waals surface area contributed by atoms with Gasteiger partial charge < -0.3 is 9.64 Å². The van der Waals surface area contributed by atoms with Gasteiger partial charge in [-0.3, -0.25) is 4.79 Å². The summed E-state index contributed by atoms with van der Waals surface area (Å²) in [4.78, 5) is 13.1. The number of alkyl halides is 3. The van der Waals surface area contributed by atoms with Crippen molar-refractivity contribution in [3.05, 3.63) is 23.8 Å². The molecular weight excluding hydrogens is 397 g/mol. The molecule has 160 valence electrons. The summed E-state index contributed by atoms with van der Waals surface area (Å²) in [6.45, 7) is 4.08. The van der Waals surface area contributed by atoms with Crippen LogP contribution in [-0.4, -0.2) is 63.0 Å². The van der Waals surface area contributed by atoms with E-state index in [-0.39, 0.29) is 35.8 Å². The van der Waals surface area contributed by atoms with Crippen LogP contribution in [0.2, 0.25) is 0 Å². The highest BCUT2D eigenvalue weighted by atomic mass is 32.2. The van der Waals surface area contributed by atoms with Crippen LogP contribution in [-0.2, 0) is 10.0 Å². The van der Waals surface area contributed by atoms with Crippen molar-refractivity contribution in [1.82, 2.24) is 9.21 Å². The summed E-state index contributed by atoms with van der Waals surface area (Å²) < 4.78 is 70.6. The lowest BCUT2D eigenvalue weighted by atomic mass is 10.1. The molecule has 0 heterocycles. The molecule has 0 aliphatic heterocycles. The summed E-state index contributed by atoms with van der Waals surface area (Å²) in [6, 6.07) is 3.65. The number of halogens is 3. The first-order valence-corrected chi connectivity index (χ1v) is 10.5. The van der Waals surface area contributed by atoms with Crippen molar-refractivity contribution in [3.8, 4) is 5.75 Å². The van der Waals surface area contributed by atoms with Crippen LogP contribution in [0.5, 0.6) is 5.75 Å². The van der Waals surface area contributed by atoms with E-state index in [0.717, 1.165) is 6.07 Å². The third kappa shape index (κ3) is 6.10. The van der Waals surface area contributed by atoms with E-state index < -0.39 is 28.7 Å². The maximum atomic E-state index is 12.9. The first-order valence-electron chi connectivity index (χ1n) is 9.05. The molecule has 0 saturated carbocycles. The Labute approximate surface area is 164 Å². The maximum Gasteiger partial charge on any atom is 0.406 e. The summed E-state index contributed by atoms with van der Waals surface area (Å²) in [7, 11) is -2.68. The van der Waals surface area contributed by atoms with E-state index in [1.54, 1.807) is 20.8 Å². The number of carbonyl (C=O) groups excluding carboxylic acids is 1. The zero-order chi connectivity index (χ0) is 21.5. The van der Waals surface area contributed by atoms with Gasteiger partial charge in [0.05, 0.1) is 7.11 Å². The second-order valence-electron chi connectivity index (χ2n) is 6.15. The first kappa shape index (κ1) is 24.2. The molecule has 0 bridgehead atoms. The molecule has 0 radical (unpaired) electrons. The lowest BCUT2D eigenvalue weighted by molar-refractivity contribution is -0.140. The summed E-state index contributed by atoms with van der Waals surface area (Å²) in [6.07, 6.45) is -3.53. The van der Waals surface area contributed by atoms with E-state index in [2.05, 4.69) is 0 Å². The predicted molar refractivity (Wildman–Crippen MR) is 100.0 cm³/mol. The van der Waals surface area contributed by atoms with Crippen molar-refractivity contribution >= 4 is 15.9 Å². The predicted octanol–water partition coefficient (Wildman–Crippen LogP) is 3.53. The molecule has 0 aliphatic rings. The summed E-state index contributed by atoms with van der Waals surface area (Å²) >= 11 is 0. The molecule has 0 aromatic heterocycles. The number of ether oxygens (including phenoxy) is 1. The van der Waals surface area contributed by atoms with E-state index >= 15 is 0 Å². The van der Waals surface area contributed by atoms with Crippen molar-refractivity contribution in [2.75, 3.05) is 33.3 Å². The maximum absolute atomic E-state index is 12.9. The Balaban J connectivity index is 3.39. The summed E-state index contributed by atoms with van der Waals surface area (Å²) in [5, 5.41) is 0. The Morgan fingerprint density at radius 3 is 2.21 bits per heavy atom. The van der Waals surface area contributed by atoms with Crippen molar-refractivity contribution in [2.24, 2.45) is 0 Å². The molecule has 0 spiro atoms. The molecule has 0 aliphatic carbocycles. The van der Waals surface area contributed by atoms with E-state index in [4.69, 9.17) is 4.74 Å². The van der Waals surface area contributed by atoms with Crippen LogP contribution < -0.4 is 4.74 Å². The van der Waals surface area contributed by atoms with Gasteiger partial charge >= 0.3 is 6.18 Å². The van der Waals surface area contributed by atoms with Crippen molar-refractivity contribution in [1.29, 1.82) is 0 Å². The van der Waals surface area contributed by atoms with Crippen molar-refractivity contribution in [3.63, 3.8) is 0 Å². The highest BCUT2D eigenvalue weighted by Crippen LogP contribution is 2.29. The molecule has 1 rings (SSSR count). The van der Waals surface area contributed by atoms with Crippen LogP contribution >= 0.6 is 0 Å². The zero-order valence-electron chi connectivity index (χ0n) is 16.5. The SMILES string of the molecule is CCCCN(CC(F)(F)F)C(=O)c1ccc(OC)c(S(=O)(=O)N(CC)CC)c1. The number of rotatable bonds is 10. The van der Waals surface area contributed by atoms with E-state index in [1.165, 1.54) is 23.5 Å². The highest BCUT2D eigenvalue weighted by molar-refractivity contribution is 7.89. The zero-order valence-corrected chi connectivity index (χ0v) is 17.4. The monoisotopic (exact) mass is 424 g/mol. The molecular formula is C18H27F3N2O4S. The number of amides is 1. The quantitative estimate of drug-likeness (QED) is 0.576. The minimum Gasteiger partial charge on any atom is -0.495 e. The molecule has 1 amide bonds. The average molecular weight is 424 g/mol. The van der Waals surface area contributed by atoms with E-state index in [0.29, 0.717) is 17.7 Å². The smallest absolute Gasteiger partial charge is 0.406 e. The average Bonchev–Trinajstić information content (AvgIpc) is 2.63. The van der Waals surface area contributed by atoms with Crippen LogP contribution in [0.25, 0.3) is 0 Å². The van der Waals surface area contributed by atoms with Gasteiger partial charge in [0, 0.05) is 25.2 Å². The van der Waals surface area contributed by atoms with Gasteiger partial charge in [0.25, 0.3) is 5.91 Å². The van der Waals surface area contributed by atoms with E-state index in [1.807, 2.05) is 0 Å². The Bertz CT molecular complexity index is 763. The lowest BCUT2D eigenvalue weighted by Gasteiger charge is -2.25. The van der Waals surface area contributed by atoms with Gasteiger partial charge in [-0.15, -0.1) is 0 Å². The number of sulfonamides is 1. The number of benzene rings is 1. The fourth-order valence-corrected chi connectivity index (χ4v) is 4.35. The van der Waals surface area contributed by atoms with Crippen molar-refractivity contribution < 1.29 is 31.1 Å². The van der Waals surface area contributed by atoms with Gasteiger partial charge in [-0.25, -0.2) is 8.42 Å². The number of hydrogen-bond acceptors (Lipinski definition) is 4. The molecule has 0 unspecified atom stereocenters. The molecule has 0 N–H and O–H groups in total. The molecule has 0 atom stereocenters. The van der Waals surface area contributed by atoms with Crippen molar-refractivity contribution in [2.45, 2.75) is 44.7 Å².